The summed E-state index contributed by atoms with van der Waals surface area (Å²) in [5.74, 6) is 1.77. The van der Waals surface area contributed by atoms with E-state index < -0.39 is 0 Å². The van der Waals surface area contributed by atoms with Gasteiger partial charge in [-0.2, -0.15) is 0 Å². The number of aromatic nitrogens is 1. The van der Waals surface area contributed by atoms with Crippen LogP contribution in [-0.4, -0.2) is 17.3 Å². The lowest BCUT2D eigenvalue weighted by atomic mass is 10.3. The largest absolute Gasteiger partial charge is 0.494 e. The molecule has 2 aromatic rings. The number of nitrogens with two attached hydrogens (primary N) is 1. The summed E-state index contributed by atoms with van der Waals surface area (Å²) in [7, 11) is 0. The average Bonchev–Trinajstić information content (AvgIpc) is 2.84. The van der Waals surface area contributed by atoms with E-state index in [1.54, 1.807) is 24.2 Å². The number of hydrogen-bond donors (Lipinski definition) is 1. The van der Waals surface area contributed by atoms with Gasteiger partial charge in [0, 0.05) is 11.4 Å². The molecule has 17 heavy (non-hydrogen) atoms. The summed E-state index contributed by atoms with van der Waals surface area (Å²) in [5, 5.41) is 0.706. The van der Waals surface area contributed by atoms with Gasteiger partial charge >= 0.3 is 0 Å². The van der Waals surface area contributed by atoms with Crippen LogP contribution in [0.2, 0.25) is 0 Å². The van der Waals surface area contributed by atoms with Crippen LogP contribution in [0, 0.1) is 0 Å². The van der Waals surface area contributed by atoms with Gasteiger partial charge in [-0.15, -0.1) is 0 Å². The molecule has 0 radical (unpaired) electrons. The minimum atomic E-state index is 0.678. The third-order valence-corrected chi connectivity index (χ3v) is 3.01. The van der Waals surface area contributed by atoms with E-state index in [0.29, 0.717) is 11.8 Å². The molecule has 0 bridgehead atoms. The van der Waals surface area contributed by atoms with Crippen molar-refractivity contribution in [1.29, 1.82) is 0 Å². The molecule has 0 unspecified atom stereocenters. The number of thioether (sulfide) groups is 1. The molecule has 0 saturated heterocycles. The maximum absolute atomic E-state index is 5.58. The number of ether oxygens (including phenoxy) is 1. The molecule has 4 nitrogen and oxygen atoms in total. The summed E-state index contributed by atoms with van der Waals surface area (Å²) in [6.45, 7) is 0.678. The number of nitrogen functional groups attached to an aromatic ring is 1. The molecular weight excluding hydrogens is 236 g/mol. The van der Waals surface area contributed by atoms with Gasteiger partial charge in [-0.3, -0.25) is 0 Å². The second kappa shape index (κ2) is 6.20. The molecule has 0 amide bonds. The van der Waals surface area contributed by atoms with Crippen molar-refractivity contribution < 1.29 is 9.15 Å². The second-order valence-corrected chi connectivity index (χ2v) is 4.46. The first-order chi connectivity index (χ1) is 8.34. The highest BCUT2D eigenvalue weighted by molar-refractivity contribution is 7.99. The third kappa shape index (κ3) is 4.03. The molecule has 1 aromatic heterocycles. The summed E-state index contributed by atoms with van der Waals surface area (Å²) >= 11 is 1.59. The zero-order valence-electron chi connectivity index (χ0n) is 9.33. The van der Waals surface area contributed by atoms with Gasteiger partial charge < -0.3 is 14.9 Å². The zero-order chi connectivity index (χ0) is 11.9. The van der Waals surface area contributed by atoms with Crippen molar-refractivity contribution in [3.63, 3.8) is 0 Å². The van der Waals surface area contributed by atoms with Crippen molar-refractivity contribution in [1.82, 2.24) is 4.98 Å². The maximum atomic E-state index is 5.58. The monoisotopic (exact) mass is 250 g/mol. The molecule has 1 aromatic carbocycles. The van der Waals surface area contributed by atoms with Gasteiger partial charge in [-0.25, -0.2) is 4.98 Å². The maximum Gasteiger partial charge on any atom is 0.255 e. The number of hydrogen-bond acceptors (Lipinski definition) is 5. The van der Waals surface area contributed by atoms with Gasteiger partial charge in [0.2, 0.25) is 0 Å². The standard InChI is InChI=1S/C12H14N2O2S/c13-10-2-4-11(5-3-10)15-7-1-9-17-12-14-6-8-16-12/h2-6,8H,1,7,9,13H2. The Balaban J connectivity index is 1.61. The third-order valence-electron chi connectivity index (χ3n) is 2.07. The predicted molar refractivity (Wildman–Crippen MR) is 68.2 cm³/mol. The van der Waals surface area contributed by atoms with Gasteiger partial charge in [-0.1, -0.05) is 11.8 Å². The van der Waals surface area contributed by atoms with E-state index in [0.717, 1.165) is 23.6 Å². The Morgan fingerprint density at radius 2 is 2.12 bits per heavy atom. The van der Waals surface area contributed by atoms with Crippen LogP contribution in [0.4, 0.5) is 5.69 Å². The van der Waals surface area contributed by atoms with Gasteiger partial charge in [-0.05, 0) is 30.7 Å². The van der Waals surface area contributed by atoms with Crippen molar-refractivity contribution >= 4 is 17.4 Å². The highest BCUT2D eigenvalue weighted by atomic mass is 32.2. The summed E-state index contributed by atoms with van der Waals surface area (Å²) in [6, 6.07) is 7.40. The minimum absolute atomic E-state index is 0.678. The molecule has 5 heteroatoms. The molecule has 2 N–H and O–H groups in total. The fourth-order valence-corrected chi connectivity index (χ4v) is 1.95. The molecule has 0 fully saturated rings. The van der Waals surface area contributed by atoms with Gasteiger partial charge in [0.25, 0.3) is 5.22 Å². The van der Waals surface area contributed by atoms with Gasteiger partial charge in [0.1, 0.15) is 12.0 Å². The first kappa shape index (κ1) is 11.9. The lowest BCUT2D eigenvalue weighted by Gasteiger charge is -2.05. The molecular formula is C12H14N2O2S. The molecule has 0 aliphatic rings. The van der Waals surface area contributed by atoms with E-state index >= 15 is 0 Å². The van der Waals surface area contributed by atoms with Crippen LogP contribution in [0.25, 0.3) is 0 Å². The molecule has 90 valence electrons. The Morgan fingerprint density at radius 1 is 1.29 bits per heavy atom. The van der Waals surface area contributed by atoms with E-state index in [4.69, 9.17) is 14.9 Å². The first-order valence-corrected chi connectivity index (χ1v) is 6.34. The van der Waals surface area contributed by atoms with Crippen molar-refractivity contribution in [2.75, 3.05) is 18.1 Å². The predicted octanol–water partition coefficient (Wildman–Crippen LogP) is 2.82. The average molecular weight is 250 g/mol. The smallest absolute Gasteiger partial charge is 0.255 e. The summed E-state index contributed by atoms with van der Waals surface area (Å²) < 4.78 is 10.7. The van der Waals surface area contributed by atoms with E-state index in [1.165, 1.54) is 0 Å². The Hall–Kier alpha value is -1.62. The summed E-state index contributed by atoms with van der Waals surface area (Å²) in [5.41, 5.74) is 6.33. The van der Waals surface area contributed by atoms with Crippen LogP contribution in [0.3, 0.4) is 0 Å². The van der Waals surface area contributed by atoms with Gasteiger partial charge in [0.05, 0.1) is 12.8 Å². The SMILES string of the molecule is Nc1ccc(OCCCSc2ncco2)cc1. The normalized spacial score (nSPS) is 10.4. The molecule has 2 rings (SSSR count). The number of nitrogens with zero attached hydrogens (tertiary/aromatic N) is 1. The summed E-state index contributed by atoms with van der Waals surface area (Å²) in [6.07, 6.45) is 4.16. The fourth-order valence-electron chi connectivity index (χ4n) is 1.25. The Bertz CT molecular complexity index is 428. The first-order valence-electron chi connectivity index (χ1n) is 5.35. The summed E-state index contributed by atoms with van der Waals surface area (Å²) in [4.78, 5) is 4.02. The second-order valence-electron chi connectivity index (χ2n) is 3.42. The van der Waals surface area contributed by atoms with Crippen LogP contribution >= 0.6 is 11.8 Å². The molecule has 0 spiro atoms. The number of benzene rings is 1. The van der Waals surface area contributed by atoms with Crippen LogP contribution in [0.1, 0.15) is 6.42 Å². The van der Waals surface area contributed by atoms with Crippen LogP contribution in [0.5, 0.6) is 5.75 Å². The number of anilines is 1. The highest BCUT2D eigenvalue weighted by Crippen LogP contribution is 2.17. The molecule has 0 atom stereocenters. The molecule has 0 aliphatic carbocycles. The Morgan fingerprint density at radius 3 is 2.82 bits per heavy atom. The topological polar surface area (TPSA) is 61.3 Å². The van der Waals surface area contributed by atoms with Crippen molar-refractivity contribution in [3.05, 3.63) is 36.7 Å². The van der Waals surface area contributed by atoms with Crippen molar-refractivity contribution in [2.24, 2.45) is 0 Å². The zero-order valence-corrected chi connectivity index (χ0v) is 10.2. The number of oxazole rings is 1. The molecule has 1 heterocycles. The lowest BCUT2D eigenvalue weighted by molar-refractivity contribution is 0.318. The molecule has 0 saturated carbocycles. The number of rotatable bonds is 6. The van der Waals surface area contributed by atoms with E-state index in [2.05, 4.69) is 4.98 Å². The highest BCUT2D eigenvalue weighted by Gasteiger charge is 1.98. The van der Waals surface area contributed by atoms with Crippen molar-refractivity contribution in [3.8, 4) is 5.75 Å². The van der Waals surface area contributed by atoms with Crippen LogP contribution < -0.4 is 10.5 Å². The van der Waals surface area contributed by atoms with Crippen LogP contribution in [-0.2, 0) is 0 Å². The lowest BCUT2D eigenvalue weighted by Crippen LogP contribution is -1.98. The minimum Gasteiger partial charge on any atom is -0.494 e. The van der Waals surface area contributed by atoms with Crippen molar-refractivity contribution in [2.45, 2.75) is 11.6 Å². The Kier molecular flexibility index (Phi) is 4.32. The quantitative estimate of drug-likeness (QED) is 0.485. The van der Waals surface area contributed by atoms with E-state index in [-0.39, 0.29) is 0 Å². The Labute approximate surface area is 104 Å². The van der Waals surface area contributed by atoms with Crippen LogP contribution in [0.15, 0.2) is 46.4 Å². The van der Waals surface area contributed by atoms with E-state index in [1.807, 2.05) is 24.3 Å². The fraction of sp³-hybridized carbons (Fsp3) is 0.250. The van der Waals surface area contributed by atoms with Gasteiger partial charge in [0.15, 0.2) is 0 Å². The molecule has 0 aliphatic heterocycles. The van der Waals surface area contributed by atoms with E-state index in [9.17, 15) is 0 Å².